The Kier molecular flexibility index (Phi) is 2.56. The Labute approximate surface area is 87.4 Å². The first-order valence-electron chi connectivity index (χ1n) is 4.76. The van der Waals surface area contributed by atoms with Crippen LogP contribution in [-0.4, -0.2) is 10.1 Å². The van der Waals surface area contributed by atoms with Crippen molar-refractivity contribution in [3.05, 3.63) is 59.2 Å². The standard InChI is InChI=1S/C12H12FNO/c1-8-7-9(13)4-5-10(8)12(15)11-3-2-6-14-11/h2-7,12,14-15H,1H3. The van der Waals surface area contributed by atoms with Crippen LogP contribution in [0.15, 0.2) is 36.5 Å². The Morgan fingerprint density at radius 1 is 1.33 bits per heavy atom. The fraction of sp³-hybridized carbons (Fsp3) is 0.167. The maximum atomic E-state index is 12.9. The average Bonchev–Trinajstić information content (AvgIpc) is 2.69. The van der Waals surface area contributed by atoms with E-state index in [0.29, 0.717) is 5.69 Å². The molecule has 2 rings (SSSR count). The molecule has 0 amide bonds. The summed E-state index contributed by atoms with van der Waals surface area (Å²) in [5, 5.41) is 10.00. The summed E-state index contributed by atoms with van der Waals surface area (Å²) in [6.07, 6.45) is 1.03. The van der Waals surface area contributed by atoms with Crippen LogP contribution in [0.4, 0.5) is 4.39 Å². The number of aromatic amines is 1. The van der Waals surface area contributed by atoms with Crippen LogP contribution in [-0.2, 0) is 0 Å². The lowest BCUT2D eigenvalue weighted by Gasteiger charge is -2.12. The molecule has 0 aliphatic rings. The molecule has 3 heteroatoms. The zero-order chi connectivity index (χ0) is 10.8. The van der Waals surface area contributed by atoms with Crippen LogP contribution < -0.4 is 0 Å². The van der Waals surface area contributed by atoms with Crippen molar-refractivity contribution < 1.29 is 9.50 Å². The zero-order valence-electron chi connectivity index (χ0n) is 8.37. The summed E-state index contributed by atoms with van der Waals surface area (Å²) in [4.78, 5) is 2.93. The minimum absolute atomic E-state index is 0.282. The molecular formula is C12H12FNO. The second-order valence-corrected chi connectivity index (χ2v) is 3.53. The molecule has 0 radical (unpaired) electrons. The van der Waals surface area contributed by atoms with Crippen molar-refractivity contribution in [3.8, 4) is 0 Å². The van der Waals surface area contributed by atoms with Gasteiger partial charge in [0.2, 0.25) is 0 Å². The van der Waals surface area contributed by atoms with Gasteiger partial charge in [0.25, 0.3) is 0 Å². The highest BCUT2D eigenvalue weighted by Crippen LogP contribution is 2.23. The zero-order valence-corrected chi connectivity index (χ0v) is 8.37. The van der Waals surface area contributed by atoms with E-state index >= 15 is 0 Å². The lowest BCUT2D eigenvalue weighted by Crippen LogP contribution is -2.02. The van der Waals surface area contributed by atoms with Crippen molar-refractivity contribution >= 4 is 0 Å². The molecule has 0 saturated carbocycles. The van der Waals surface area contributed by atoms with Crippen LogP contribution in [0.5, 0.6) is 0 Å². The van der Waals surface area contributed by atoms with E-state index in [9.17, 15) is 9.50 Å². The minimum Gasteiger partial charge on any atom is -0.382 e. The van der Waals surface area contributed by atoms with E-state index in [1.54, 1.807) is 25.3 Å². The van der Waals surface area contributed by atoms with E-state index in [4.69, 9.17) is 0 Å². The number of nitrogens with one attached hydrogen (secondary N) is 1. The van der Waals surface area contributed by atoms with Gasteiger partial charge >= 0.3 is 0 Å². The number of aryl methyl sites for hydroxylation is 1. The summed E-state index contributed by atoms with van der Waals surface area (Å²) >= 11 is 0. The van der Waals surface area contributed by atoms with Crippen molar-refractivity contribution in [2.75, 3.05) is 0 Å². The van der Waals surface area contributed by atoms with Gasteiger partial charge in [0.15, 0.2) is 0 Å². The highest BCUT2D eigenvalue weighted by atomic mass is 19.1. The van der Waals surface area contributed by atoms with Crippen LogP contribution in [0, 0.1) is 12.7 Å². The molecule has 0 bridgehead atoms. The molecule has 0 spiro atoms. The Bertz CT molecular complexity index is 451. The average molecular weight is 205 g/mol. The van der Waals surface area contributed by atoms with Crippen molar-refractivity contribution in [2.24, 2.45) is 0 Å². The van der Waals surface area contributed by atoms with Crippen LogP contribution >= 0.6 is 0 Å². The van der Waals surface area contributed by atoms with Crippen LogP contribution in [0.2, 0.25) is 0 Å². The summed E-state index contributed by atoms with van der Waals surface area (Å²) in [5.74, 6) is -0.282. The first-order valence-corrected chi connectivity index (χ1v) is 4.76. The van der Waals surface area contributed by atoms with Gasteiger partial charge in [0, 0.05) is 11.9 Å². The summed E-state index contributed by atoms with van der Waals surface area (Å²) in [5.41, 5.74) is 2.18. The molecule has 0 aliphatic carbocycles. The predicted octanol–water partition coefficient (Wildman–Crippen LogP) is 2.54. The first-order chi connectivity index (χ1) is 7.18. The lowest BCUT2D eigenvalue weighted by molar-refractivity contribution is 0.215. The molecule has 78 valence electrons. The van der Waals surface area contributed by atoms with E-state index in [1.807, 2.05) is 6.07 Å². The first kappa shape index (κ1) is 9.93. The molecule has 1 heterocycles. The van der Waals surface area contributed by atoms with E-state index in [2.05, 4.69) is 4.98 Å². The molecule has 1 atom stereocenters. The Morgan fingerprint density at radius 3 is 2.73 bits per heavy atom. The molecule has 2 N–H and O–H groups in total. The van der Waals surface area contributed by atoms with E-state index < -0.39 is 6.10 Å². The van der Waals surface area contributed by atoms with Crippen molar-refractivity contribution in [1.29, 1.82) is 0 Å². The lowest BCUT2D eigenvalue weighted by atomic mass is 10.0. The third-order valence-electron chi connectivity index (χ3n) is 2.44. The maximum absolute atomic E-state index is 12.9. The van der Waals surface area contributed by atoms with Gasteiger partial charge in [-0.2, -0.15) is 0 Å². The molecule has 1 unspecified atom stereocenters. The number of aromatic nitrogens is 1. The molecule has 0 fully saturated rings. The molecule has 15 heavy (non-hydrogen) atoms. The molecule has 0 saturated heterocycles. The number of aliphatic hydroxyl groups is 1. The van der Waals surface area contributed by atoms with E-state index in [-0.39, 0.29) is 5.82 Å². The number of H-pyrrole nitrogens is 1. The minimum atomic E-state index is -0.722. The summed E-state index contributed by atoms with van der Waals surface area (Å²) < 4.78 is 12.9. The number of rotatable bonds is 2. The second-order valence-electron chi connectivity index (χ2n) is 3.53. The number of hydrogen-bond acceptors (Lipinski definition) is 1. The van der Waals surface area contributed by atoms with Gasteiger partial charge in [0.05, 0.1) is 0 Å². The quantitative estimate of drug-likeness (QED) is 0.776. The normalized spacial score (nSPS) is 12.7. The third kappa shape index (κ3) is 1.92. The molecule has 0 aliphatic heterocycles. The molecular weight excluding hydrogens is 193 g/mol. The Morgan fingerprint density at radius 2 is 2.13 bits per heavy atom. The second kappa shape index (κ2) is 3.87. The van der Waals surface area contributed by atoms with Crippen molar-refractivity contribution in [3.63, 3.8) is 0 Å². The van der Waals surface area contributed by atoms with Gasteiger partial charge < -0.3 is 10.1 Å². The molecule has 2 nitrogen and oxygen atoms in total. The van der Waals surface area contributed by atoms with Gasteiger partial charge in [-0.3, -0.25) is 0 Å². The van der Waals surface area contributed by atoms with Crippen molar-refractivity contribution in [2.45, 2.75) is 13.0 Å². The Hall–Kier alpha value is -1.61. The fourth-order valence-corrected chi connectivity index (χ4v) is 1.63. The van der Waals surface area contributed by atoms with Crippen LogP contribution in [0.1, 0.15) is 22.9 Å². The van der Waals surface area contributed by atoms with Crippen molar-refractivity contribution in [1.82, 2.24) is 4.98 Å². The fourth-order valence-electron chi connectivity index (χ4n) is 1.63. The highest BCUT2D eigenvalue weighted by molar-refractivity contribution is 5.33. The monoisotopic (exact) mass is 205 g/mol. The maximum Gasteiger partial charge on any atom is 0.123 e. The van der Waals surface area contributed by atoms with Gasteiger partial charge in [0.1, 0.15) is 11.9 Å². The summed E-state index contributed by atoms with van der Waals surface area (Å²) in [6.45, 7) is 1.78. The smallest absolute Gasteiger partial charge is 0.123 e. The van der Waals surface area contributed by atoms with Gasteiger partial charge in [-0.1, -0.05) is 6.07 Å². The number of aliphatic hydroxyl groups excluding tert-OH is 1. The third-order valence-corrected chi connectivity index (χ3v) is 2.44. The van der Waals surface area contributed by atoms with Gasteiger partial charge in [-0.15, -0.1) is 0 Å². The molecule has 1 aromatic heterocycles. The van der Waals surface area contributed by atoms with E-state index in [1.165, 1.54) is 12.1 Å². The van der Waals surface area contributed by atoms with Gasteiger partial charge in [-0.25, -0.2) is 4.39 Å². The number of hydrogen-bond donors (Lipinski definition) is 2. The number of halogens is 1. The van der Waals surface area contributed by atoms with Crippen LogP contribution in [0.3, 0.4) is 0 Å². The van der Waals surface area contributed by atoms with Crippen LogP contribution in [0.25, 0.3) is 0 Å². The number of benzene rings is 1. The molecule has 1 aromatic carbocycles. The summed E-state index contributed by atoms with van der Waals surface area (Å²) in [6, 6.07) is 8.00. The topological polar surface area (TPSA) is 36.0 Å². The SMILES string of the molecule is Cc1cc(F)ccc1C(O)c1ccc[nH]1. The van der Waals surface area contributed by atoms with Gasteiger partial charge in [-0.05, 0) is 42.3 Å². The highest BCUT2D eigenvalue weighted by Gasteiger charge is 2.13. The van der Waals surface area contributed by atoms with E-state index in [0.717, 1.165) is 11.1 Å². The molecule has 2 aromatic rings. The largest absolute Gasteiger partial charge is 0.382 e. The summed E-state index contributed by atoms with van der Waals surface area (Å²) in [7, 11) is 0. The predicted molar refractivity (Wildman–Crippen MR) is 56.0 cm³/mol. The Balaban J connectivity index is 2.38.